The number of likely N-dealkylation sites (N-methyl/N-ethyl adjacent to an activating group) is 1. The molecule has 3 saturated heterocycles. The summed E-state index contributed by atoms with van der Waals surface area (Å²) in [5.74, 6) is -11.2. The molecule has 3 fully saturated rings. The molecule has 0 aromatic carbocycles. The van der Waals surface area contributed by atoms with Crippen molar-refractivity contribution in [2.24, 2.45) is 23.7 Å². The number of carboxylic acid groups (broad SMARTS) is 1. The van der Waals surface area contributed by atoms with E-state index >= 15 is 0 Å². The molecule has 3 rings (SSSR count). The number of allylic oxidation sites excluding steroid dienone is 3. The molecule has 21 heteroatoms. The lowest BCUT2D eigenvalue weighted by Gasteiger charge is -2.47. The summed E-state index contributed by atoms with van der Waals surface area (Å²) in [6.45, 7) is 19.1. The van der Waals surface area contributed by atoms with Crippen LogP contribution in [0.15, 0.2) is 23.3 Å². The van der Waals surface area contributed by atoms with E-state index in [0.717, 1.165) is 16.7 Å². The Balaban J connectivity index is 1.88. The van der Waals surface area contributed by atoms with Crippen molar-refractivity contribution < 1.29 is 73.8 Å². The first-order valence-electron chi connectivity index (χ1n) is 25.4. The Labute approximate surface area is 424 Å². The number of carboxylic acids is 1. The largest absolute Gasteiger partial charge is 0.480 e. The van der Waals surface area contributed by atoms with Gasteiger partial charge in [0.1, 0.15) is 30.2 Å². The third kappa shape index (κ3) is 14.3. The Morgan fingerprint density at radius 3 is 1.92 bits per heavy atom. The first-order valence-corrected chi connectivity index (χ1v) is 25.4. The highest BCUT2D eigenvalue weighted by Gasteiger charge is 2.57. The molecule has 8 N–H and O–H groups in total. The van der Waals surface area contributed by atoms with Crippen LogP contribution in [0.4, 0.5) is 0 Å². The van der Waals surface area contributed by atoms with Crippen LogP contribution in [0.3, 0.4) is 0 Å². The fourth-order valence-corrected chi connectivity index (χ4v) is 9.76. The molecular weight excluding hydrogens is 937 g/mol. The topological polar surface area (TPSA) is 304 Å². The Morgan fingerprint density at radius 1 is 0.847 bits per heavy atom. The molecule has 0 bridgehead atoms. The van der Waals surface area contributed by atoms with Gasteiger partial charge in [-0.25, -0.2) is 9.86 Å². The SMILES string of the molecule is C/C=C(\C)C(=O)[C@@H](C)/C=C(\C)[C@H]1O[C@@](O)([C@](C)(O)C(=O)N[C@H](C(=O)N2CCCC[C@@H]2C(=O)N(O)[C@@H](C)C(=O)N(C)[C@H](CC(C)C)C(=O)N2CCCC[C@H]2C(=O)N[C@@H](C(=O)O)[C@H](C)O)[C@@H](O)C(C)C)CC[C@@H]1C. The number of hydrogen-bond donors (Lipinski definition) is 8. The number of nitrogens with zero attached hydrogens (tertiary/aromatic N) is 4. The normalized spacial score (nSPS) is 26.0. The number of ketones is 1. The van der Waals surface area contributed by atoms with Crippen LogP contribution in [0.1, 0.15) is 141 Å². The molecule has 0 radical (unpaired) electrons. The van der Waals surface area contributed by atoms with Crippen molar-refractivity contribution in [3.8, 4) is 0 Å². The van der Waals surface area contributed by atoms with Gasteiger partial charge in [-0.2, -0.15) is 0 Å². The van der Waals surface area contributed by atoms with Crippen LogP contribution < -0.4 is 10.6 Å². The van der Waals surface area contributed by atoms with Gasteiger partial charge < -0.3 is 55.6 Å². The summed E-state index contributed by atoms with van der Waals surface area (Å²) < 4.78 is 6.14. The summed E-state index contributed by atoms with van der Waals surface area (Å²) in [6.07, 6.45) is 1.83. The van der Waals surface area contributed by atoms with Gasteiger partial charge in [-0.15, -0.1) is 0 Å². The highest BCUT2D eigenvalue weighted by molar-refractivity contribution is 5.98. The van der Waals surface area contributed by atoms with Crippen LogP contribution in [0.25, 0.3) is 0 Å². The number of carbonyl (C=O) groups is 8. The minimum Gasteiger partial charge on any atom is -0.480 e. The molecule has 3 aliphatic heterocycles. The van der Waals surface area contributed by atoms with Gasteiger partial charge in [-0.1, -0.05) is 53.7 Å². The quantitative estimate of drug-likeness (QED) is 0.0353. The van der Waals surface area contributed by atoms with Gasteiger partial charge in [0.05, 0.1) is 18.3 Å². The third-order valence-corrected chi connectivity index (χ3v) is 14.7. The number of likely N-dealkylation sites (tertiary alicyclic amines) is 2. The number of aliphatic carboxylic acids is 1. The predicted molar refractivity (Wildman–Crippen MR) is 263 cm³/mol. The number of amides is 6. The molecule has 21 nitrogen and oxygen atoms in total. The van der Waals surface area contributed by atoms with Crippen LogP contribution >= 0.6 is 0 Å². The van der Waals surface area contributed by atoms with Crippen LogP contribution in [0.2, 0.25) is 0 Å². The van der Waals surface area contributed by atoms with Gasteiger partial charge in [0.25, 0.3) is 11.8 Å². The second-order valence-electron chi connectivity index (χ2n) is 21.2. The van der Waals surface area contributed by atoms with Gasteiger partial charge in [0.15, 0.2) is 17.4 Å². The summed E-state index contributed by atoms with van der Waals surface area (Å²) in [4.78, 5) is 113. The van der Waals surface area contributed by atoms with Gasteiger partial charge in [0.2, 0.25) is 29.4 Å². The lowest BCUT2D eigenvalue weighted by molar-refractivity contribution is -0.321. The standard InChI is InChI=1S/C51H84N6O15/c1-14-29(6)41(60)31(8)26-32(9)42-30(7)21-22-51(70,72-42)50(12,69)49(68)53-39(40(59)28(4)5)47(65)56-24-18-16-20-36(56)46(64)57(71)33(10)44(62)54(13)37(25-27(2)3)45(63)55-23-17-15-19-35(55)43(61)52-38(34(11)58)48(66)67/h14,26-28,30-31,33-40,42,58-59,69-71H,15-25H2,1-13H3,(H,52,61)(H,53,68)(H,66,67)/b29-14+,32-26+/t30-,31-,33-,34-,35-,36+,37+,38+,39-,40-,42-,50+,51+/m0/s1. The summed E-state index contributed by atoms with van der Waals surface area (Å²) in [5, 5.41) is 71.3. The van der Waals surface area contributed by atoms with Gasteiger partial charge in [0, 0.05) is 32.5 Å². The Hall–Kier alpha value is -4.80. The van der Waals surface area contributed by atoms with Gasteiger partial charge in [-0.3, -0.25) is 38.8 Å². The van der Waals surface area contributed by atoms with E-state index in [0.29, 0.717) is 43.3 Å². The van der Waals surface area contributed by atoms with E-state index in [1.165, 1.54) is 25.8 Å². The lowest BCUT2D eigenvalue weighted by Crippen LogP contribution is -2.69. The zero-order valence-electron chi connectivity index (χ0n) is 44.6. The van der Waals surface area contributed by atoms with Crippen molar-refractivity contribution in [2.75, 3.05) is 20.1 Å². The maximum Gasteiger partial charge on any atom is 0.328 e. The van der Waals surface area contributed by atoms with E-state index in [1.54, 1.807) is 53.7 Å². The number of aliphatic hydroxyl groups excluding tert-OH is 2. The van der Waals surface area contributed by atoms with Crippen molar-refractivity contribution in [1.29, 1.82) is 0 Å². The molecule has 0 aromatic heterocycles. The van der Waals surface area contributed by atoms with E-state index < -0.39 is 119 Å². The fourth-order valence-electron chi connectivity index (χ4n) is 9.76. The molecule has 6 amide bonds. The van der Waals surface area contributed by atoms with Crippen molar-refractivity contribution in [3.63, 3.8) is 0 Å². The number of ether oxygens (including phenoxy) is 1. The smallest absolute Gasteiger partial charge is 0.328 e. The number of aliphatic hydroxyl groups is 4. The van der Waals surface area contributed by atoms with Crippen LogP contribution in [-0.2, 0) is 43.1 Å². The molecule has 408 valence electrons. The summed E-state index contributed by atoms with van der Waals surface area (Å²) in [6, 6.07) is -8.76. The van der Waals surface area contributed by atoms with Gasteiger partial charge in [-0.05, 0) is 122 Å². The zero-order chi connectivity index (χ0) is 54.9. The van der Waals surface area contributed by atoms with E-state index in [1.807, 2.05) is 20.8 Å². The highest BCUT2D eigenvalue weighted by Crippen LogP contribution is 2.41. The fraction of sp³-hybridized carbons (Fsp3) is 0.765. The van der Waals surface area contributed by atoms with E-state index in [2.05, 4.69) is 10.6 Å². The average molecular weight is 1020 g/mol. The zero-order valence-corrected chi connectivity index (χ0v) is 44.6. The molecule has 72 heavy (non-hydrogen) atoms. The molecule has 13 atom stereocenters. The number of Topliss-reactive ketones (excluding diaryl/α,β-unsaturated/α-hetero) is 1. The van der Waals surface area contributed by atoms with E-state index in [-0.39, 0.29) is 61.5 Å². The van der Waals surface area contributed by atoms with Crippen molar-refractivity contribution in [3.05, 3.63) is 23.3 Å². The number of hydroxylamine groups is 2. The second-order valence-corrected chi connectivity index (χ2v) is 21.2. The molecule has 0 spiro atoms. The molecule has 0 unspecified atom stereocenters. The molecule has 0 aromatic rings. The van der Waals surface area contributed by atoms with E-state index in [9.17, 15) is 69.1 Å². The monoisotopic (exact) mass is 1020 g/mol. The number of hydrogen-bond acceptors (Lipinski definition) is 14. The number of carbonyl (C=O) groups excluding carboxylic acids is 7. The number of piperidine rings is 2. The first kappa shape index (κ1) is 61.5. The molecule has 3 heterocycles. The van der Waals surface area contributed by atoms with Crippen LogP contribution in [-0.4, -0.2) is 184 Å². The Morgan fingerprint density at radius 2 is 1.40 bits per heavy atom. The number of rotatable bonds is 21. The van der Waals surface area contributed by atoms with E-state index in [4.69, 9.17) is 4.74 Å². The minimum atomic E-state index is -2.72. The highest BCUT2D eigenvalue weighted by atomic mass is 16.6. The minimum absolute atomic E-state index is 0.0117. The maximum absolute atomic E-state index is 14.6. The Kier molecular flexibility index (Phi) is 22.1. The molecular formula is C51H84N6O15. The molecule has 0 aliphatic carbocycles. The van der Waals surface area contributed by atoms with Gasteiger partial charge >= 0.3 is 5.97 Å². The predicted octanol–water partition coefficient (Wildman–Crippen LogP) is 2.05. The van der Waals surface area contributed by atoms with Crippen LogP contribution in [0, 0.1) is 23.7 Å². The first-order chi connectivity index (χ1) is 33.4. The summed E-state index contributed by atoms with van der Waals surface area (Å²) in [7, 11) is 1.32. The summed E-state index contributed by atoms with van der Waals surface area (Å²) in [5.41, 5.74) is -1.56. The molecule has 0 saturated carbocycles. The number of nitrogens with one attached hydrogen (secondary N) is 2. The van der Waals surface area contributed by atoms with Crippen LogP contribution in [0.5, 0.6) is 0 Å². The summed E-state index contributed by atoms with van der Waals surface area (Å²) >= 11 is 0. The average Bonchev–Trinajstić information content (AvgIpc) is 3.34. The molecule has 3 aliphatic rings. The van der Waals surface area contributed by atoms with Crippen molar-refractivity contribution >= 4 is 47.2 Å². The lowest BCUT2D eigenvalue weighted by atomic mass is 9.80. The van der Waals surface area contributed by atoms with Crippen molar-refractivity contribution in [1.82, 2.24) is 30.4 Å². The second kappa shape index (κ2) is 25.9. The third-order valence-electron chi connectivity index (χ3n) is 14.7. The maximum atomic E-state index is 14.6. The Bertz CT molecular complexity index is 2040. The van der Waals surface area contributed by atoms with Crippen molar-refractivity contribution in [2.45, 2.75) is 207 Å².